The highest BCUT2D eigenvalue weighted by atomic mass is 16.3. The number of aliphatic hydroxyl groups is 1. The van der Waals surface area contributed by atoms with Gasteiger partial charge in [-0.3, -0.25) is 0 Å². The zero-order valence-electron chi connectivity index (χ0n) is 12.6. The van der Waals surface area contributed by atoms with Gasteiger partial charge in [-0.05, 0) is 65.6 Å². The minimum Gasteiger partial charge on any atom is -0.385 e. The molecule has 102 valence electrons. The lowest BCUT2D eigenvalue weighted by Gasteiger charge is -2.29. The molecule has 0 amide bonds. The van der Waals surface area contributed by atoms with Crippen LogP contribution in [0.2, 0.25) is 0 Å². The minimum atomic E-state index is -0.769. The van der Waals surface area contributed by atoms with Crippen LogP contribution in [0, 0.1) is 13.8 Å². The van der Waals surface area contributed by atoms with E-state index in [2.05, 4.69) is 58.1 Å². The summed E-state index contributed by atoms with van der Waals surface area (Å²) in [5.41, 5.74) is 2.71. The molecule has 0 aromatic heterocycles. The number of benzene rings is 1. The van der Waals surface area contributed by atoms with Crippen molar-refractivity contribution < 1.29 is 5.11 Å². The summed E-state index contributed by atoms with van der Waals surface area (Å²) in [4.78, 5) is 0. The van der Waals surface area contributed by atoms with Crippen LogP contribution >= 0.6 is 0 Å². The van der Waals surface area contributed by atoms with Crippen LogP contribution in [0.3, 0.4) is 0 Å². The number of aryl methyl sites for hydroxylation is 2. The van der Waals surface area contributed by atoms with Gasteiger partial charge in [0.1, 0.15) is 0 Å². The quantitative estimate of drug-likeness (QED) is 0.858. The molecule has 0 bridgehead atoms. The van der Waals surface area contributed by atoms with Crippen LogP contribution in [-0.2, 0) is 5.60 Å². The van der Waals surface area contributed by atoms with E-state index in [0.29, 0.717) is 6.42 Å². The van der Waals surface area contributed by atoms with E-state index in [4.69, 9.17) is 0 Å². The summed E-state index contributed by atoms with van der Waals surface area (Å²) < 4.78 is 0. The molecule has 1 aromatic carbocycles. The van der Waals surface area contributed by atoms with Crippen LogP contribution in [0.1, 0.15) is 50.8 Å². The van der Waals surface area contributed by atoms with Crippen molar-refractivity contribution in [1.82, 2.24) is 5.32 Å². The van der Waals surface area contributed by atoms with Crippen LogP contribution < -0.4 is 5.32 Å². The second-order valence-electron chi connectivity index (χ2n) is 6.52. The van der Waals surface area contributed by atoms with Crippen molar-refractivity contribution in [2.75, 3.05) is 6.54 Å². The van der Waals surface area contributed by atoms with Crippen LogP contribution in [0.4, 0.5) is 0 Å². The second kappa shape index (κ2) is 5.41. The molecule has 0 radical (unpaired) electrons. The normalized spacial score (nSPS) is 15.5. The van der Waals surface area contributed by atoms with Crippen LogP contribution in [0.5, 0.6) is 0 Å². The Kier molecular flexibility index (Phi) is 4.57. The van der Waals surface area contributed by atoms with Gasteiger partial charge in [0.2, 0.25) is 0 Å². The summed E-state index contributed by atoms with van der Waals surface area (Å²) in [5.74, 6) is 0. The first-order chi connectivity index (χ1) is 8.12. The van der Waals surface area contributed by atoms with Crippen molar-refractivity contribution in [3.05, 3.63) is 34.9 Å². The molecule has 0 spiro atoms. The standard InChI is InChI=1S/C16H27NO/c1-12-7-8-13(2)14(11-12)16(6,18)9-10-17-15(3,4)5/h7-8,11,17-18H,9-10H2,1-6H3. The molecule has 0 aliphatic heterocycles. The van der Waals surface area contributed by atoms with Crippen LogP contribution in [-0.4, -0.2) is 17.2 Å². The summed E-state index contributed by atoms with van der Waals surface area (Å²) in [6.07, 6.45) is 0.717. The summed E-state index contributed by atoms with van der Waals surface area (Å²) in [5, 5.41) is 14.1. The largest absolute Gasteiger partial charge is 0.385 e. The Balaban J connectivity index is 2.76. The summed E-state index contributed by atoms with van der Waals surface area (Å²) in [6.45, 7) is 13.2. The van der Waals surface area contributed by atoms with Gasteiger partial charge in [-0.1, -0.05) is 23.8 Å². The van der Waals surface area contributed by atoms with E-state index < -0.39 is 5.60 Å². The van der Waals surface area contributed by atoms with Gasteiger partial charge in [-0.2, -0.15) is 0 Å². The number of rotatable bonds is 4. The van der Waals surface area contributed by atoms with Gasteiger partial charge in [0.25, 0.3) is 0 Å². The third kappa shape index (κ3) is 4.43. The Labute approximate surface area is 111 Å². The SMILES string of the molecule is Cc1ccc(C)c(C(C)(O)CCNC(C)(C)C)c1. The fraction of sp³-hybridized carbons (Fsp3) is 0.625. The minimum absolute atomic E-state index is 0.0950. The Hall–Kier alpha value is -0.860. The molecule has 2 N–H and O–H groups in total. The van der Waals surface area contributed by atoms with E-state index in [1.54, 1.807) is 0 Å². The molecule has 1 rings (SSSR count). The van der Waals surface area contributed by atoms with Crippen molar-refractivity contribution in [3.63, 3.8) is 0 Å². The highest BCUT2D eigenvalue weighted by Crippen LogP contribution is 2.28. The summed E-state index contributed by atoms with van der Waals surface area (Å²) in [7, 11) is 0. The summed E-state index contributed by atoms with van der Waals surface area (Å²) in [6, 6.07) is 6.26. The molecule has 1 aromatic rings. The molecular formula is C16H27NO. The van der Waals surface area contributed by atoms with Gasteiger partial charge in [-0.15, -0.1) is 0 Å². The zero-order chi connectivity index (χ0) is 14.0. The number of nitrogens with one attached hydrogen (secondary N) is 1. The Morgan fingerprint density at radius 3 is 2.28 bits per heavy atom. The lowest BCUT2D eigenvalue weighted by molar-refractivity contribution is 0.0457. The van der Waals surface area contributed by atoms with Crippen molar-refractivity contribution in [2.24, 2.45) is 0 Å². The van der Waals surface area contributed by atoms with Crippen molar-refractivity contribution in [2.45, 2.75) is 59.1 Å². The molecule has 1 atom stereocenters. The smallest absolute Gasteiger partial charge is 0.0883 e. The lowest BCUT2D eigenvalue weighted by Crippen LogP contribution is -2.39. The van der Waals surface area contributed by atoms with E-state index in [9.17, 15) is 5.11 Å². The second-order valence-corrected chi connectivity index (χ2v) is 6.52. The number of hydrogen-bond donors (Lipinski definition) is 2. The van der Waals surface area contributed by atoms with Gasteiger partial charge in [0.15, 0.2) is 0 Å². The third-order valence-electron chi connectivity index (χ3n) is 3.24. The van der Waals surface area contributed by atoms with E-state index in [0.717, 1.165) is 17.7 Å². The van der Waals surface area contributed by atoms with Gasteiger partial charge in [-0.25, -0.2) is 0 Å². The summed E-state index contributed by atoms with van der Waals surface area (Å²) >= 11 is 0. The monoisotopic (exact) mass is 249 g/mol. The fourth-order valence-electron chi connectivity index (χ4n) is 2.13. The predicted octanol–water partition coefficient (Wildman–Crippen LogP) is 3.29. The lowest BCUT2D eigenvalue weighted by atomic mass is 9.88. The van der Waals surface area contributed by atoms with Crippen molar-refractivity contribution in [3.8, 4) is 0 Å². The first-order valence-electron chi connectivity index (χ1n) is 6.67. The van der Waals surface area contributed by atoms with E-state index in [1.165, 1.54) is 5.56 Å². The van der Waals surface area contributed by atoms with Gasteiger partial charge in [0.05, 0.1) is 5.60 Å². The van der Waals surface area contributed by atoms with Crippen LogP contribution in [0.15, 0.2) is 18.2 Å². The molecule has 0 saturated carbocycles. The molecule has 0 heterocycles. The Morgan fingerprint density at radius 2 is 1.72 bits per heavy atom. The van der Waals surface area contributed by atoms with E-state index in [-0.39, 0.29) is 5.54 Å². The predicted molar refractivity (Wildman–Crippen MR) is 77.9 cm³/mol. The van der Waals surface area contributed by atoms with Gasteiger partial charge in [0, 0.05) is 5.54 Å². The zero-order valence-corrected chi connectivity index (χ0v) is 12.6. The van der Waals surface area contributed by atoms with E-state index in [1.807, 2.05) is 6.92 Å². The Morgan fingerprint density at radius 1 is 1.11 bits per heavy atom. The van der Waals surface area contributed by atoms with Crippen molar-refractivity contribution in [1.29, 1.82) is 0 Å². The molecule has 0 aliphatic carbocycles. The molecule has 2 nitrogen and oxygen atoms in total. The Bertz CT molecular complexity index is 402. The molecule has 18 heavy (non-hydrogen) atoms. The fourth-order valence-corrected chi connectivity index (χ4v) is 2.13. The molecule has 0 aliphatic rings. The number of hydrogen-bond acceptors (Lipinski definition) is 2. The van der Waals surface area contributed by atoms with Gasteiger partial charge < -0.3 is 10.4 Å². The molecule has 1 unspecified atom stereocenters. The average Bonchev–Trinajstić information content (AvgIpc) is 2.19. The molecule has 2 heteroatoms. The van der Waals surface area contributed by atoms with Crippen LogP contribution in [0.25, 0.3) is 0 Å². The average molecular weight is 249 g/mol. The topological polar surface area (TPSA) is 32.3 Å². The molecule has 0 saturated heterocycles. The van der Waals surface area contributed by atoms with Crippen molar-refractivity contribution >= 4 is 0 Å². The highest BCUT2D eigenvalue weighted by Gasteiger charge is 2.25. The first-order valence-corrected chi connectivity index (χ1v) is 6.67. The maximum Gasteiger partial charge on any atom is 0.0883 e. The maximum absolute atomic E-state index is 10.6. The van der Waals surface area contributed by atoms with Gasteiger partial charge >= 0.3 is 0 Å². The third-order valence-corrected chi connectivity index (χ3v) is 3.24. The van der Waals surface area contributed by atoms with E-state index >= 15 is 0 Å². The highest BCUT2D eigenvalue weighted by molar-refractivity contribution is 5.34. The maximum atomic E-state index is 10.6. The molecular weight excluding hydrogens is 222 g/mol. The molecule has 0 fully saturated rings. The first kappa shape index (κ1) is 15.2.